The number of nitrogens with one attached hydrogen (secondary N) is 1. The molecule has 1 aromatic heterocycles. The van der Waals surface area contributed by atoms with Gasteiger partial charge in [0.1, 0.15) is 16.4 Å². The number of carbonyl (C=O) groups is 1. The second-order valence-electron chi connectivity index (χ2n) is 5.63. The Hall–Kier alpha value is -2.82. The van der Waals surface area contributed by atoms with E-state index >= 15 is 0 Å². The molecule has 0 aliphatic carbocycles. The van der Waals surface area contributed by atoms with Crippen LogP contribution in [0.25, 0.3) is 10.1 Å². The van der Waals surface area contributed by atoms with Crippen LogP contribution in [0.3, 0.4) is 0 Å². The largest absolute Gasteiger partial charge is 0.457 e. The summed E-state index contributed by atoms with van der Waals surface area (Å²) in [6.07, 6.45) is 0. The van der Waals surface area contributed by atoms with E-state index in [-0.39, 0.29) is 5.91 Å². The molecular weight excluding hydrogens is 366 g/mol. The fourth-order valence-electron chi connectivity index (χ4n) is 2.58. The highest BCUT2D eigenvalue weighted by Gasteiger charge is 2.17. The van der Waals surface area contributed by atoms with E-state index in [1.54, 1.807) is 12.1 Å². The van der Waals surface area contributed by atoms with Gasteiger partial charge in [-0.05, 0) is 42.5 Å². The third-order valence-corrected chi connectivity index (χ3v) is 5.51. The van der Waals surface area contributed by atoms with Crippen molar-refractivity contribution in [2.75, 3.05) is 5.32 Å². The van der Waals surface area contributed by atoms with Crippen LogP contribution in [0.4, 0.5) is 5.69 Å². The number of fused-ring (bicyclic) bond motifs is 1. The molecule has 1 heterocycles. The summed E-state index contributed by atoms with van der Waals surface area (Å²) in [5.74, 6) is 1.25. The molecule has 3 aromatic carbocycles. The van der Waals surface area contributed by atoms with Crippen molar-refractivity contribution in [3.8, 4) is 11.5 Å². The van der Waals surface area contributed by atoms with E-state index in [1.807, 2.05) is 66.7 Å². The lowest BCUT2D eigenvalue weighted by Gasteiger charge is -2.07. The minimum atomic E-state index is -0.215. The van der Waals surface area contributed by atoms with Crippen LogP contribution in [0.5, 0.6) is 11.5 Å². The topological polar surface area (TPSA) is 38.3 Å². The van der Waals surface area contributed by atoms with Crippen LogP contribution in [0, 0.1) is 0 Å². The third kappa shape index (κ3) is 3.43. The van der Waals surface area contributed by atoms with Crippen LogP contribution >= 0.6 is 22.9 Å². The van der Waals surface area contributed by atoms with Gasteiger partial charge >= 0.3 is 0 Å². The molecule has 1 amide bonds. The maximum Gasteiger partial charge on any atom is 0.267 e. The summed E-state index contributed by atoms with van der Waals surface area (Å²) < 4.78 is 6.74. The van der Waals surface area contributed by atoms with Gasteiger partial charge in [-0.3, -0.25) is 4.79 Å². The molecule has 0 saturated heterocycles. The number of ether oxygens (including phenoxy) is 1. The Bertz CT molecular complexity index is 1060. The Balaban J connectivity index is 1.49. The van der Waals surface area contributed by atoms with Crippen molar-refractivity contribution in [1.82, 2.24) is 0 Å². The van der Waals surface area contributed by atoms with Crippen LogP contribution < -0.4 is 10.1 Å². The van der Waals surface area contributed by atoms with Crippen LogP contribution in [0.15, 0.2) is 78.9 Å². The van der Waals surface area contributed by atoms with Gasteiger partial charge in [-0.25, -0.2) is 0 Å². The highest BCUT2D eigenvalue weighted by Crippen LogP contribution is 2.35. The van der Waals surface area contributed by atoms with E-state index in [1.165, 1.54) is 11.3 Å². The summed E-state index contributed by atoms with van der Waals surface area (Å²) >= 11 is 7.75. The van der Waals surface area contributed by atoms with E-state index < -0.39 is 0 Å². The summed E-state index contributed by atoms with van der Waals surface area (Å²) in [4.78, 5) is 13.1. The Morgan fingerprint density at radius 2 is 1.50 bits per heavy atom. The Morgan fingerprint density at radius 3 is 2.23 bits per heavy atom. The third-order valence-electron chi connectivity index (χ3n) is 3.83. The standard InChI is InChI=1S/C21H14ClNO2S/c22-19-17-8-4-5-9-18(17)26-20(19)21(24)23-14-10-12-16(13-11-14)25-15-6-2-1-3-7-15/h1-13H,(H,23,24). The van der Waals surface area contributed by atoms with E-state index in [9.17, 15) is 4.79 Å². The first-order valence-electron chi connectivity index (χ1n) is 8.02. The molecule has 1 N–H and O–H groups in total. The van der Waals surface area contributed by atoms with Gasteiger partial charge in [0.2, 0.25) is 0 Å². The first-order valence-corrected chi connectivity index (χ1v) is 9.21. The Kier molecular flexibility index (Phi) is 4.61. The molecule has 0 spiro atoms. The lowest BCUT2D eigenvalue weighted by Crippen LogP contribution is -2.10. The van der Waals surface area contributed by atoms with Crippen molar-refractivity contribution in [2.45, 2.75) is 0 Å². The number of anilines is 1. The van der Waals surface area contributed by atoms with Crippen molar-refractivity contribution < 1.29 is 9.53 Å². The lowest BCUT2D eigenvalue weighted by atomic mass is 10.2. The molecule has 4 rings (SSSR count). The monoisotopic (exact) mass is 379 g/mol. The van der Waals surface area contributed by atoms with Crippen LogP contribution in [0.2, 0.25) is 5.02 Å². The SMILES string of the molecule is O=C(Nc1ccc(Oc2ccccc2)cc1)c1sc2ccccc2c1Cl. The number of amides is 1. The highest BCUT2D eigenvalue weighted by molar-refractivity contribution is 7.21. The van der Waals surface area contributed by atoms with Gasteiger partial charge in [0.05, 0.1) is 5.02 Å². The van der Waals surface area contributed by atoms with Crippen molar-refractivity contribution in [3.63, 3.8) is 0 Å². The second kappa shape index (κ2) is 7.20. The molecule has 4 aromatic rings. The van der Waals surface area contributed by atoms with Gasteiger partial charge in [-0.1, -0.05) is 48.0 Å². The summed E-state index contributed by atoms with van der Waals surface area (Å²) in [6, 6.07) is 24.5. The maximum atomic E-state index is 12.6. The van der Waals surface area contributed by atoms with Crippen LogP contribution in [-0.4, -0.2) is 5.91 Å². The number of halogens is 1. The first-order chi connectivity index (χ1) is 12.7. The molecule has 3 nitrogen and oxygen atoms in total. The molecule has 26 heavy (non-hydrogen) atoms. The van der Waals surface area contributed by atoms with Gasteiger partial charge in [-0.2, -0.15) is 0 Å². The number of benzene rings is 3. The van der Waals surface area contributed by atoms with Crippen molar-refractivity contribution in [3.05, 3.63) is 88.8 Å². The van der Waals surface area contributed by atoms with Gasteiger partial charge in [0.25, 0.3) is 5.91 Å². The zero-order valence-corrected chi connectivity index (χ0v) is 15.2. The fourth-order valence-corrected chi connectivity index (χ4v) is 3.99. The Morgan fingerprint density at radius 1 is 0.846 bits per heavy atom. The van der Waals surface area contributed by atoms with Gasteiger partial charge in [0, 0.05) is 15.8 Å². The average molecular weight is 380 g/mol. The van der Waals surface area contributed by atoms with Crippen molar-refractivity contribution in [1.29, 1.82) is 0 Å². The molecular formula is C21H14ClNO2S. The number of hydrogen-bond acceptors (Lipinski definition) is 3. The summed E-state index contributed by atoms with van der Waals surface area (Å²) in [5.41, 5.74) is 0.684. The van der Waals surface area contributed by atoms with Gasteiger partial charge < -0.3 is 10.1 Å². The number of thiophene rings is 1. The molecule has 0 atom stereocenters. The number of carbonyl (C=O) groups excluding carboxylic acids is 1. The molecule has 128 valence electrons. The summed E-state index contributed by atoms with van der Waals surface area (Å²) in [5, 5.41) is 4.27. The van der Waals surface area contributed by atoms with E-state index in [2.05, 4.69) is 5.32 Å². The maximum absolute atomic E-state index is 12.6. The first kappa shape index (κ1) is 16.6. The van der Waals surface area contributed by atoms with Crippen molar-refractivity contribution in [2.24, 2.45) is 0 Å². The average Bonchev–Trinajstić information content (AvgIpc) is 3.01. The van der Waals surface area contributed by atoms with E-state index in [0.717, 1.165) is 15.8 Å². The Labute approximate surface area is 159 Å². The number of para-hydroxylation sites is 1. The summed E-state index contributed by atoms with van der Waals surface area (Å²) in [6.45, 7) is 0. The summed E-state index contributed by atoms with van der Waals surface area (Å²) in [7, 11) is 0. The molecule has 5 heteroatoms. The van der Waals surface area contributed by atoms with Gasteiger partial charge in [-0.15, -0.1) is 11.3 Å². The molecule has 0 aliphatic rings. The van der Waals surface area contributed by atoms with Crippen LogP contribution in [-0.2, 0) is 0 Å². The number of hydrogen-bond donors (Lipinski definition) is 1. The second-order valence-corrected chi connectivity index (χ2v) is 7.07. The minimum Gasteiger partial charge on any atom is -0.457 e. The molecule has 0 saturated carbocycles. The quantitative estimate of drug-likeness (QED) is 0.433. The minimum absolute atomic E-state index is 0.215. The normalized spacial score (nSPS) is 10.7. The highest BCUT2D eigenvalue weighted by atomic mass is 35.5. The van der Waals surface area contributed by atoms with E-state index in [0.29, 0.717) is 21.3 Å². The predicted molar refractivity (Wildman–Crippen MR) is 108 cm³/mol. The molecule has 0 aliphatic heterocycles. The van der Waals surface area contributed by atoms with Crippen LogP contribution in [0.1, 0.15) is 9.67 Å². The number of rotatable bonds is 4. The molecule has 0 bridgehead atoms. The molecule has 0 unspecified atom stereocenters. The van der Waals surface area contributed by atoms with Crippen molar-refractivity contribution >= 4 is 44.6 Å². The lowest BCUT2D eigenvalue weighted by molar-refractivity contribution is 0.103. The zero-order valence-electron chi connectivity index (χ0n) is 13.6. The van der Waals surface area contributed by atoms with E-state index in [4.69, 9.17) is 16.3 Å². The zero-order chi connectivity index (χ0) is 17.9. The molecule has 0 radical (unpaired) electrons. The van der Waals surface area contributed by atoms with Gasteiger partial charge in [0.15, 0.2) is 0 Å². The fraction of sp³-hybridized carbons (Fsp3) is 0. The smallest absolute Gasteiger partial charge is 0.267 e. The molecule has 0 fully saturated rings. The predicted octanol–water partition coefficient (Wildman–Crippen LogP) is 6.60.